The normalized spacial score (nSPS) is 12.2. The van der Waals surface area contributed by atoms with Crippen molar-refractivity contribution in [2.45, 2.75) is 60.5 Å². The summed E-state index contributed by atoms with van der Waals surface area (Å²) in [4.78, 5) is 24.4. The Hall–Kier alpha value is -3.10. The highest BCUT2D eigenvalue weighted by atomic mass is 32.2. The Balaban J connectivity index is 1.71. The van der Waals surface area contributed by atoms with Gasteiger partial charge in [0.1, 0.15) is 0 Å². The molecule has 0 aliphatic heterocycles. The number of amides is 1. The van der Waals surface area contributed by atoms with Crippen molar-refractivity contribution < 1.29 is 23.1 Å². The average molecular weight is 554 g/mol. The zero-order chi connectivity index (χ0) is 27.5. The summed E-state index contributed by atoms with van der Waals surface area (Å²) >= 11 is 1.80. The van der Waals surface area contributed by atoms with Gasteiger partial charge in [-0.1, -0.05) is 69.0 Å². The van der Waals surface area contributed by atoms with E-state index in [0.717, 1.165) is 34.4 Å². The smallest absolute Gasteiger partial charge is 0.305 e. The number of carbonyl (C=O) groups excluding carboxylic acids is 1. The molecule has 3 aromatic rings. The number of rotatable bonds is 14. The second-order valence-corrected chi connectivity index (χ2v) is 12.6. The molecule has 0 heterocycles. The maximum Gasteiger partial charge on any atom is 0.305 e. The number of thioether (sulfide) groups is 1. The molecule has 0 aliphatic rings. The first-order valence-electron chi connectivity index (χ1n) is 12.8. The number of sulfone groups is 1. The number of unbranched alkanes of at least 4 members (excludes halogenated alkanes) is 3. The van der Waals surface area contributed by atoms with Gasteiger partial charge in [-0.25, -0.2) is 8.42 Å². The van der Waals surface area contributed by atoms with Gasteiger partial charge in [-0.2, -0.15) is 0 Å². The lowest BCUT2D eigenvalue weighted by molar-refractivity contribution is -0.136. The quantitative estimate of drug-likeness (QED) is 0.169. The van der Waals surface area contributed by atoms with Crippen LogP contribution in [-0.2, 0) is 14.6 Å². The van der Waals surface area contributed by atoms with Crippen molar-refractivity contribution in [3.8, 4) is 11.1 Å². The van der Waals surface area contributed by atoms with Crippen LogP contribution in [0.5, 0.6) is 0 Å². The van der Waals surface area contributed by atoms with Gasteiger partial charge in [0, 0.05) is 28.5 Å². The molecule has 8 heteroatoms. The number of carboxylic acid groups (broad SMARTS) is 1. The van der Waals surface area contributed by atoms with Crippen molar-refractivity contribution in [3.63, 3.8) is 0 Å². The van der Waals surface area contributed by atoms with Gasteiger partial charge in [-0.15, -0.1) is 11.8 Å². The number of carboxylic acids is 1. The van der Waals surface area contributed by atoms with Crippen molar-refractivity contribution in [3.05, 3.63) is 83.9 Å². The molecular formula is C30H35NO5S2. The van der Waals surface area contributed by atoms with Crippen LogP contribution in [0.2, 0.25) is 0 Å². The van der Waals surface area contributed by atoms with E-state index in [0.29, 0.717) is 10.5 Å². The van der Waals surface area contributed by atoms with Crippen LogP contribution in [0.15, 0.2) is 82.6 Å². The molecule has 38 heavy (non-hydrogen) atoms. The topological polar surface area (TPSA) is 101 Å². The van der Waals surface area contributed by atoms with E-state index in [1.807, 2.05) is 24.3 Å². The SMILES string of the molecule is CCCCCCC(Sc1ccc(-c2ccc(S(C)(=O)=O)cc2)cc1)c1ccc(C(=O)NCCC(=O)O)cc1. The van der Waals surface area contributed by atoms with Crippen LogP contribution in [0.1, 0.15) is 66.6 Å². The lowest BCUT2D eigenvalue weighted by atomic mass is 10.0. The fourth-order valence-corrected chi connectivity index (χ4v) is 5.90. The highest BCUT2D eigenvalue weighted by molar-refractivity contribution is 7.99. The van der Waals surface area contributed by atoms with Gasteiger partial charge in [0.15, 0.2) is 9.84 Å². The summed E-state index contributed by atoms with van der Waals surface area (Å²) in [6.45, 7) is 2.30. The van der Waals surface area contributed by atoms with Crippen molar-refractivity contribution in [2.24, 2.45) is 0 Å². The van der Waals surface area contributed by atoms with E-state index in [4.69, 9.17) is 5.11 Å². The average Bonchev–Trinajstić information content (AvgIpc) is 2.90. The molecule has 0 spiro atoms. The molecule has 0 aliphatic carbocycles. The number of hydrogen-bond acceptors (Lipinski definition) is 5. The third-order valence-electron chi connectivity index (χ3n) is 6.24. The molecule has 1 unspecified atom stereocenters. The first kappa shape index (κ1) is 29.5. The van der Waals surface area contributed by atoms with Crippen molar-refractivity contribution >= 4 is 33.5 Å². The van der Waals surface area contributed by atoms with Gasteiger partial charge in [0.05, 0.1) is 11.3 Å². The lowest BCUT2D eigenvalue weighted by Crippen LogP contribution is -2.25. The van der Waals surface area contributed by atoms with Gasteiger partial charge in [-0.3, -0.25) is 9.59 Å². The van der Waals surface area contributed by atoms with Gasteiger partial charge in [0.2, 0.25) is 0 Å². The molecule has 0 aromatic heterocycles. The van der Waals surface area contributed by atoms with E-state index in [2.05, 4.69) is 36.5 Å². The molecule has 0 bridgehead atoms. The third-order valence-corrected chi connectivity index (χ3v) is 8.70. The highest BCUT2D eigenvalue weighted by Crippen LogP contribution is 2.40. The zero-order valence-electron chi connectivity index (χ0n) is 21.9. The Morgan fingerprint density at radius 2 is 1.47 bits per heavy atom. The standard InChI is InChI=1S/C30H35NO5S2/c1-3-4-5-6-7-28(24-8-10-25(11-9-24)30(34)31-21-20-29(32)33)37-26-16-12-22(13-17-26)23-14-18-27(19-15-23)38(2,35)36/h8-19,28H,3-7,20-21H2,1-2H3,(H,31,34)(H,32,33). The number of carbonyl (C=O) groups is 2. The van der Waals surface area contributed by atoms with Gasteiger partial charge >= 0.3 is 5.97 Å². The maximum atomic E-state index is 12.3. The van der Waals surface area contributed by atoms with E-state index >= 15 is 0 Å². The van der Waals surface area contributed by atoms with Crippen LogP contribution >= 0.6 is 11.8 Å². The van der Waals surface area contributed by atoms with E-state index in [1.54, 1.807) is 36.0 Å². The summed E-state index contributed by atoms with van der Waals surface area (Å²) in [5.74, 6) is -1.22. The van der Waals surface area contributed by atoms with Crippen LogP contribution in [0, 0.1) is 0 Å². The minimum atomic E-state index is -3.22. The van der Waals surface area contributed by atoms with Crippen LogP contribution in [0.25, 0.3) is 11.1 Å². The first-order chi connectivity index (χ1) is 18.2. The fourth-order valence-electron chi connectivity index (χ4n) is 4.07. The van der Waals surface area contributed by atoms with Crippen molar-refractivity contribution in [1.29, 1.82) is 0 Å². The van der Waals surface area contributed by atoms with E-state index in [1.165, 1.54) is 25.5 Å². The summed E-state index contributed by atoms with van der Waals surface area (Å²) in [6, 6.07) is 22.8. The van der Waals surface area contributed by atoms with Gasteiger partial charge in [-0.05, 0) is 59.5 Å². The van der Waals surface area contributed by atoms with E-state index in [-0.39, 0.29) is 24.1 Å². The van der Waals surface area contributed by atoms with Crippen LogP contribution < -0.4 is 5.32 Å². The Morgan fingerprint density at radius 3 is 2.03 bits per heavy atom. The predicted molar refractivity (Wildman–Crippen MR) is 153 cm³/mol. The lowest BCUT2D eigenvalue weighted by Gasteiger charge is -2.18. The van der Waals surface area contributed by atoms with Gasteiger partial charge in [0.25, 0.3) is 5.91 Å². The third kappa shape index (κ3) is 9.03. The number of nitrogens with one attached hydrogen (secondary N) is 1. The summed E-state index contributed by atoms with van der Waals surface area (Å²) in [5, 5.41) is 11.6. The summed E-state index contributed by atoms with van der Waals surface area (Å²) in [5.41, 5.74) is 3.64. The second kappa shape index (κ2) is 14.2. The number of hydrogen-bond donors (Lipinski definition) is 2. The molecule has 202 valence electrons. The molecule has 6 nitrogen and oxygen atoms in total. The Morgan fingerprint density at radius 1 is 0.868 bits per heavy atom. The minimum absolute atomic E-state index is 0.101. The molecule has 0 saturated heterocycles. The maximum absolute atomic E-state index is 12.3. The largest absolute Gasteiger partial charge is 0.481 e. The highest BCUT2D eigenvalue weighted by Gasteiger charge is 2.15. The van der Waals surface area contributed by atoms with Crippen LogP contribution in [-0.4, -0.2) is 38.2 Å². The molecule has 1 amide bonds. The predicted octanol–water partition coefficient (Wildman–Crippen LogP) is 6.77. The van der Waals surface area contributed by atoms with Crippen molar-refractivity contribution in [1.82, 2.24) is 5.32 Å². The Labute approximate surface area is 229 Å². The zero-order valence-corrected chi connectivity index (χ0v) is 23.5. The number of benzene rings is 3. The van der Waals surface area contributed by atoms with Gasteiger partial charge < -0.3 is 10.4 Å². The first-order valence-corrected chi connectivity index (χ1v) is 15.6. The molecule has 2 N–H and O–H groups in total. The second-order valence-electron chi connectivity index (χ2n) is 9.30. The van der Waals surface area contributed by atoms with Crippen LogP contribution in [0.4, 0.5) is 0 Å². The molecular weight excluding hydrogens is 518 g/mol. The van der Waals surface area contributed by atoms with Crippen LogP contribution in [0.3, 0.4) is 0 Å². The fraction of sp³-hybridized carbons (Fsp3) is 0.333. The summed E-state index contributed by atoms with van der Waals surface area (Å²) in [7, 11) is -3.22. The molecule has 0 saturated carbocycles. The molecule has 3 rings (SSSR count). The van der Waals surface area contributed by atoms with E-state index in [9.17, 15) is 18.0 Å². The van der Waals surface area contributed by atoms with E-state index < -0.39 is 15.8 Å². The number of aliphatic carboxylic acids is 1. The summed E-state index contributed by atoms with van der Waals surface area (Å²) in [6.07, 6.45) is 6.80. The molecule has 3 aromatic carbocycles. The van der Waals surface area contributed by atoms with Crippen molar-refractivity contribution in [2.75, 3.05) is 12.8 Å². The Kier molecular flexibility index (Phi) is 11.0. The Bertz CT molecular complexity index is 1300. The molecule has 0 radical (unpaired) electrons. The molecule has 1 atom stereocenters. The molecule has 0 fully saturated rings. The summed E-state index contributed by atoms with van der Waals surface area (Å²) < 4.78 is 23.5. The monoisotopic (exact) mass is 553 g/mol. The minimum Gasteiger partial charge on any atom is -0.481 e.